The Labute approximate surface area is 117 Å². The first kappa shape index (κ1) is 14.5. The highest BCUT2D eigenvalue weighted by Crippen LogP contribution is 2.41. The molecule has 0 spiro atoms. The van der Waals surface area contributed by atoms with Crippen molar-refractivity contribution in [3.63, 3.8) is 0 Å². The number of carboxylic acid groups (broad SMARTS) is 1. The second-order valence-corrected chi connectivity index (χ2v) is 5.40. The minimum absolute atomic E-state index is 0.133. The zero-order chi connectivity index (χ0) is 14.9. The second kappa shape index (κ2) is 5.23. The van der Waals surface area contributed by atoms with E-state index < -0.39 is 29.9 Å². The van der Waals surface area contributed by atoms with Gasteiger partial charge in [-0.05, 0) is 19.4 Å². The molecule has 1 aliphatic heterocycles. The molecule has 1 aromatic carbocycles. The van der Waals surface area contributed by atoms with E-state index in [2.05, 4.69) is 0 Å². The number of aliphatic carboxylic acids is 1. The third kappa shape index (κ3) is 2.07. The average Bonchev–Trinajstić information content (AvgIpc) is 2.72. The molecular weight excluding hydrogens is 261 g/mol. The number of likely N-dealkylation sites (tertiary alicyclic amines) is 1. The van der Waals surface area contributed by atoms with Crippen LogP contribution in [0.4, 0.5) is 4.39 Å². The van der Waals surface area contributed by atoms with Crippen molar-refractivity contribution < 1.29 is 19.1 Å². The molecule has 20 heavy (non-hydrogen) atoms. The Balaban J connectivity index is 2.32. The zero-order valence-electron chi connectivity index (χ0n) is 11.5. The Morgan fingerprint density at radius 1 is 1.50 bits per heavy atom. The predicted molar refractivity (Wildman–Crippen MR) is 71.8 cm³/mol. The van der Waals surface area contributed by atoms with E-state index in [0.717, 1.165) is 5.56 Å². The molecule has 2 rings (SSSR count). The zero-order valence-corrected chi connectivity index (χ0v) is 11.5. The predicted octanol–water partition coefficient (Wildman–Crippen LogP) is 2.27. The van der Waals surface area contributed by atoms with E-state index in [1.807, 2.05) is 37.3 Å². The SMILES string of the molecule is C[C@H](c1ccccc1)N1C[C@H](CF)[C@](C)(C(=O)O)C1=O. The number of hydrogen-bond acceptors (Lipinski definition) is 2. The number of carboxylic acids is 1. The Morgan fingerprint density at radius 2 is 2.10 bits per heavy atom. The third-order valence-corrected chi connectivity index (χ3v) is 4.32. The van der Waals surface area contributed by atoms with Gasteiger partial charge in [0.25, 0.3) is 0 Å². The lowest BCUT2D eigenvalue weighted by atomic mass is 9.80. The quantitative estimate of drug-likeness (QED) is 0.860. The molecule has 1 saturated heterocycles. The van der Waals surface area contributed by atoms with Gasteiger partial charge in [-0.1, -0.05) is 30.3 Å². The summed E-state index contributed by atoms with van der Waals surface area (Å²) in [5.41, 5.74) is -0.759. The van der Waals surface area contributed by atoms with Crippen molar-refractivity contribution in [2.24, 2.45) is 11.3 Å². The minimum Gasteiger partial charge on any atom is -0.480 e. The fraction of sp³-hybridized carbons (Fsp3) is 0.467. The lowest BCUT2D eigenvalue weighted by Gasteiger charge is -2.26. The molecular formula is C15H18FNO3. The highest BCUT2D eigenvalue weighted by Gasteiger charge is 2.57. The van der Waals surface area contributed by atoms with E-state index >= 15 is 0 Å². The van der Waals surface area contributed by atoms with Gasteiger partial charge in [0.1, 0.15) is 0 Å². The van der Waals surface area contributed by atoms with Crippen molar-refractivity contribution in [2.75, 3.05) is 13.2 Å². The summed E-state index contributed by atoms with van der Waals surface area (Å²) in [5, 5.41) is 9.30. The summed E-state index contributed by atoms with van der Waals surface area (Å²) in [6.07, 6.45) is 0. The number of benzene rings is 1. The maximum Gasteiger partial charge on any atom is 0.319 e. The monoisotopic (exact) mass is 279 g/mol. The Kier molecular flexibility index (Phi) is 3.79. The van der Waals surface area contributed by atoms with E-state index in [9.17, 15) is 19.1 Å². The third-order valence-electron chi connectivity index (χ3n) is 4.32. The van der Waals surface area contributed by atoms with E-state index in [-0.39, 0.29) is 12.6 Å². The summed E-state index contributed by atoms with van der Waals surface area (Å²) >= 11 is 0. The number of carbonyl (C=O) groups is 2. The Hall–Kier alpha value is -1.91. The van der Waals surface area contributed by atoms with Gasteiger partial charge in [0.05, 0.1) is 12.7 Å². The van der Waals surface area contributed by atoms with Gasteiger partial charge in [0, 0.05) is 12.5 Å². The van der Waals surface area contributed by atoms with Crippen molar-refractivity contribution >= 4 is 11.9 Å². The molecule has 0 aliphatic carbocycles. The maximum atomic E-state index is 13.1. The smallest absolute Gasteiger partial charge is 0.319 e. The van der Waals surface area contributed by atoms with E-state index in [1.54, 1.807) is 0 Å². The highest BCUT2D eigenvalue weighted by atomic mass is 19.1. The van der Waals surface area contributed by atoms with Crippen molar-refractivity contribution in [3.05, 3.63) is 35.9 Å². The topological polar surface area (TPSA) is 57.6 Å². The van der Waals surface area contributed by atoms with E-state index in [0.29, 0.717) is 0 Å². The van der Waals surface area contributed by atoms with Gasteiger partial charge in [0.2, 0.25) is 5.91 Å². The fourth-order valence-electron chi connectivity index (χ4n) is 2.69. The summed E-state index contributed by atoms with van der Waals surface area (Å²) in [5.74, 6) is -2.57. The number of rotatable bonds is 4. The summed E-state index contributed by atoms with van der Waals surface area (Å²) < 4.78 is 13.1. The molecule has 1 heterocycles. The van der Waals surface area contributed by atoms with Crippen molar-refractivity contribution in [1.82, 2.24) is 4.90 Å². The first-order chi connectivity index (χ1) is 9.42. The number of alkyl halides is 1. The first-order valence-electron chi connectivity index (χ1n) is 6.58. The van der Waals surface area contributed by atoms with Crippen LogP contribution in [0.1, 0.15) is 25.5 Å². The van der Waals surface area contributed by atoms with Gasteiger partial charge in [-0.25, -0.2) is 0 Å². The number of amides is 1. The van der Waals surface area contributed by atoms with Crippen molar-refractivity contribution in [3.8, 4) is 0 Å². The average molecular weight is 279 g/mol. The molecule has 5 heteroatoms. The number of nitrogens with zero attached hydrogens (tertiary/aromatic N) is 1. The van der Waals surface area contributed by atoms with Crippen LogP contribution in [0.25, 0.3) is 0 Å². The molecule has 108 valence electrons. The van der Waals surface area contributed by atoms with E-state index in [4.69, 9.17) is 0 Å². The summed E-state index contributed by atoms with van der Waals surface area (Å²) in [6.45, 7) is 2.47. The molecule has 1 N–H and O–H groups in total. The molecule has 0 saturated carbocycles. The van der Waals surface area contributed by atoms with Crippen LogP contribution in [0.5, 0.6) is 0 Å². The van der Waals surface area contributed by atoms with Crippen LogP contribution in [0, 0.1) is 11.3 Å². The van der Waals surface area contributed by atoms with Gasteiger partial charge < -0.3 is 10.0 Å². The van der Waals surface area contributed by atoms with Crippen LogP contribution in [0.2, 0.25) is 0 Å². The fourth-order valence-corrected chi connectivity index (χ4v) is 2.69. The Morgan fingerprint density at radius 3 is 2.55 bits per heavy atom. The van der Waals surface area contributed by atoms with Crippen LogP contribution in [-0.4, -0.2) is 35.1 Å². The van der Waals surface area contributed by atoms with Gasteiger partial charge in [-0.15, -0.1) is 0 Å². The molecule has 1 amide bonds. The second-order valence-electron chi connectivity index (χ2n) is 5.40. The maximum absolute atomic E-state index is 13.1. The molecule has 1 aromatic rings. The van der Waals surface area contributed by atoms with Crippen LogP contribution in [-0.2, 0) is 9.59 Å². The Bertz CT molecular complexity index is 519. The van der Waals surface area contributed by atoms with Crippen LogP contribution in [0.15, 0.2) is 30.3 Å². The van der Waals surface area contributed by atoms with Crippen molar-refractivity contribution in [1.29, 1.82) is 0 Å². The molecule has 0 bridgehead atoms. The van der Waals surface area contributed by atoms with Gasteiger partial charge in [-0.3, -0.25) is 14.0 Å². The minimum atomic E-state index is -1.67. The molecule has 1 fully saturated rings. The van der Waals surface area contributed by atoms with Crippen LogP contribution in [0.3, 0.4) is 0 Å². The number of carbonyl (C=O) groups excluding carboxylic acids is 1. The highest BCUT2D eigenvalue weighted by molar-refractivity contribution is 6.03. The molecule has 0 aromatic heterocycles. The summed E-state index contributed by atoms with van der Waals surface area (Å²) in [4.78, 5) is 25.3. The number of hydrogen-bond donors (Lipinski definition) is 1. The van der Waals surface area contributed by atoms with Crippen LogP contribution < -0.4 is 0 Å². The largest absolute Gasteiger partial charge is 0.480 e. The van der Waals surface area contributed by atoms with Crippen LogP contribution >= 0.6 is 0 Å². The van der Waals surface area contributed by atoms with Gasteiger partial charge in [0.15, 0.2) is 5.41 Å². The molecule has 0 radical (unpaired) electrons. The molecule has 3 atom stereocenters. The van der Waals surface area contributed by atoms with E-state index in [1.165, 1.54) is 11.8 Å². The number of halogens is 1. The molecule has 0 unspecified atom stereocenters. The lowest BCUT2D eigenvalue weighted by molar-refractivity contribution is -0.157. The normalized spacial score (nSPS) is 27.6. The summed E-state index contributed by atoms with van der Waals surface area (Å²) in [7, 11) is 0. The molecule has 4 nitrogen and oxygen atoms in total. The van der Waals surface area contributed by atoms with Gasteiger partial charge >= 0.3 is 5.97 Å². The van der Waals surface area contributed by atoms with Crippen molar-refractivity contribution in [2.45, 2.75) is 19.9 Å². The molecule has 1 aliphatic rings. The first-order valence-corrected chi connectivity index (χ1v) is 6.58. The lowest BCUT2D eigenvalue weighted by Crippen LogP contribution is -2.42. The summed E-state index contributed by atoms with van der Waals surface area (Å²) in [6, 6.07) is 9.06. The standard InChI is InChI=1S/C15H18FNO3/c1-10(11-6-4-3-5-7-11)17-9-12(8-16)15(2,13(17)18)14(19)20/h3-7,10,12H,8-9H2,1-2H3,(H,19,20)/t10-,12+,15+/m1/s1. The van der Waals surface area contributed by atoms with Gasteiger partial charge in [-0.2, -0.15) is 0 Å².